The molecule has 0 N–H and O–H groups in total. The summed E-state index contributed by atoms with van der Waals surface area (Å²) in [7, 11) is 1.62. The number of anilines is 1. The second-order valence-electron chi connectivity index (χ2n) is 5.55. The smallest absolute Gasteiger partial charge is 0.294 e. The van der Waals surface area contributed by atoms with Gasteiger partial charge in [0.15, 0.2) is 5.76 Å². The van der Waals surface area contributed by atoms with E-state index in [-0.39, 0.29) is 5.91 Å². The Morgan fingerprint density at radius 3 is 3.08 bits per heavy atom. The summed E-state index contributed by atoms with van der Waals surface area (Å²) in [6.07, 6.45) is 1.75. The van der Waals surface area contributed by atoms with Crippen LogP contribution in [0.5, 0.6) is 5.75 Å². The van der Waals surface area contributed by atoms with Crippen LogP contribution in [0.15, 0.2) is 46.0 Å². The van der Waals surface area contributed by atoms with Crippen LogP contribution in [0, 0.1) is 6.92 Å². The molecule has 3 aromatic rings. The summed E-state index contributed by atoms with van der Waals surface area (Å²) in [6.45, 7) is 2.54. The summed E-state index contributed by atoms with van der Waals surface area (Å²) in [5.74, 6) is 1.81. The zero-order valence-corrected chi connectivity index (χ0v) is 14.2. The number of rotatable bonds is 2. The number of hydrogen-bond acceptors (Lipinski definition) is 5. The van der Waals surface area contributed by atoms with Crippen LogP contribution in [0.4, 0.5) is 5.69 Å². The van der Waals surface area contributed by atoms with E-state index < -0.39 is 0 Å². The quantitative estimate of drug-likeness (QED) is 0.708. The molecule has 3 heterocycles. The molecule has 0 spiro atoms. The van der Waals surface area contributed by atoms with Crippen molar-refractivity contribution in [1.29, 1.82) is 0 Å². The largest absolute Gasteiger partial charge is 0.497 e. The molecule has 0 aliphatic carbocycles. The van der Waals surface area contributed by atoms with Gasteiger partial charge in [0.05, 0.1) is 12.8 Å². The highest BCUT2D eigenvalue weighted by Gasteiger charge is 2.28. The van der Waals surface area contributed by atoms with Crippen molar-refractivity contribution in [2.75, 3.05) is 24.3 Å². The number of carbonyl (C=O) groups is 1. The van der Waals surface area contributed by atoms with Gasteiger partial charge in [0.2, 0.25) is 0 Å². The zero-order valence-electron chi connectivity index (χ0n) is 13.4. The van der Waals surface area contributed by atoms with Crippen molar-refractivity contribution in [3.63, 3.8) is 0 Å². The standard InChI is InChI=1S/C18H16N2O3S/c1-11-13-10-12(22-2)5-6-15(13)23-16(11)18(21)20-8-9-24-17-14(20)4-3-7-19-17/h3-7,10H,8-9H2,1-2H3. The minimum absolute atomic E-state index is 0.128. The van der Waals surface area contributed by atoms with Crippen molar-refractivity contribution >= 4 is 34.3 Å². The molecular weight excluding hydrogens is 324 g/mol. The number of amides is 1. The normalized spacial score (nSPS) is 13.8. The molecule has 5 nitrogen and oxygen atoms in total. The number of pyridine rings is 1. The van der Waals surface area contributed by atoms with Gasteiger partial charge in [0.25, 0.3) is 5.91 Å². The van der Waals surface area contributed by atoms with Crippen molar-refractivity contribution in [1.82, 2.24) is 4.98 Å². The van der Waals surface area contributed by atoms with Crippen LogP contribution < -0.4 is 9.64 Å². The molecular formula is C18H16N2O3S. The average molecular weight is 340 g/mol. The average Bonchev–Trinajstić information content (AvgIpc) is 2.96. The first-order chi connectivity index (χ1) is 11.7. The van der Waals surface area contributed by atoms with Gasteiger partial charge in [-0.3, -0.25) is 4.79 Å². The molecule has 2 aromatic heterocycles. The highest BCUT2D eigenvalue weighted by molar-refractivity contribution is 7.99. The number of hydrogen-bond donors (Lipinski definition) is 0. The van der Waals surface area contributed by atoms with Crippen LogP contribution >= 0.6 is 11.8 Å². The van der Waals surface area contributed by atoms with Gasteiger partial charge in [0, 0.05) is 29.4 Å². The van der Waals surface area contributed by atoms with E-state index in [1.165, 1.54) is 0 Å². The van der Waals surface area contributed by atoms with Crippen LogP contribution in [0.3, 0.4) is 0 Å². The number of aryl methyl sites for hydroxylation is 1. The predicted molar refractivity (Wildman–Crippen MR) is 94.1 cm³/mol. The van der Waals surface area contributed by atoms with Crippen LogP contribution in [0.2, 0.25) is 0 Å². The SMILES string of the molecule is COc1ccc2oc(C(=O)N3CCSc4ncccc43)c(C)c2c1. The van der Waals surface area contributed by atoms with Gasteiger partial charge in [-0.15, -0.1) is 11.8 Å². The van der Waals surface area contributed by atoms with Crippen molar-refractivity contribution in [2.45, 2.75) is 11.9 Å². The van der Waals surface area contributed by atoms with E-state index in [4.69, 9.17) is 9.15 Å². The van der Waals surface area contributed by atoms with Gasteiger partial charge in [-0.1, -0.05) is 0 Å². The van der Waals surface area contributed by atoms with Crippen molar-refractivity contribution in [3.05, 3.63) is 47.9 Å². The first-order valence-electron chi connectivity index (χ1n) is 7.66. The van der Waals surface area contributed by atoms with E-state index in [1.807, 2.05) is 37.3 Å². The molecule has 6 heteroatoms. The molecule has 24 heavy (non-hydrogen) atoms. The molecule has 0 radical (unpaired) electrons. The van der Waals surface area contributed by atoms with Gasteiger partial charge >= 0.3 is 0 Å². The van der Waals surface area contributed by atoms with E-state index in [1.54, 1.807) is 30.0 Å². The number of furan rings is 1. The number of fused-ring (bicyclic) bond motifs is 2. The number of aromatic nitrogens is 1. The first-order valence-corrected chi connectivity index (χ1v) is 8.64. The van der Waals surface area contributed by atoms with Crippen LogP contribution in [-0.4, -0.2) is 30.3 Å². The molecule has 0 saturated carbocycles. The number of ether oxygens (including phenoxy) is 1. The second kappa shape index (κ2) is 5.87. The third-order valence-corrected chi connectivity index (χ3v) is 5.15. The van der Waals surface area contributed by atoms with Crippen LogP contribution in [-0.2, 0) is 0 Å². The fourth-order valence-electron chi connectivity index (χ4n) is 2.92. The lowest BCUT2D eigenvalue weighted by Gasteiger charge is -2.27. The summed E-state index contributed by atoms with van der Waals surface area (Å²) in [4.78, 5) is 19.2. The van der Waals surface area contributed by atoms with E-state index in [2.05, 4.69) is 4.98 Å². The number of methoxy groups -OCH3 is 1. The number of carbonyl (C=O) groups excluding carboxylic acids is 1. The second-order valence-corrected chi connectivity index (χ2v) is 6.63. The maximum atomic E-state index is 13.1. The summed E-state index contributed by atoms with van der Waals surface area (Å²) < 4.78 is 11.1. The molecule has 0 atom stereocenters. The summed E-state index contributed by atoms with van der Waals surface area (Å²) >= 11 is 1.67. The van der Waals surface area contributed by atoms with Gasteiger partial charge < -0.3 is 14.1 Å². The Bertz CT molecular complexity index is 935. The zero-order chi connectivity index (χ0) is 16.7. The predicted octanol–water partition coefficient (Wildman–Crippen LogP) is 3.90. The topological polar surface area (TPSA) is 55.6 Å². The monoisotopic (exact) mass is 340 g/mol. The van der Waals surface area contributed by atoms with E-state index in [0.717, 1.165) is 33.2 Å². The minimum Gasteiger partial charge on any atom is -0.497 e. The Morgan fingerprint density at radius 1 is 1.38 bits per heavy atom. The van der Waals surface area contributed by atoms with Crippen LogP contribution in [0.25, 0.3) is 11.0 Å². The van der Waals surface area contributed by atoms with E-state index >= 15 is 0 Å². The number of benzene rings is 1. The van der Waals surface area contributed by atoms with Crippen molar-refractivity contribution < 1.29 is 13.9 Å². The number of nitrogens with zero attached hydrogens (tertiary/aromatic N) is 2. The third-order valence-electron chi connectivity index (χ3n) is 4.18. The highest BCUT2D eigenvalue weighted by atomic mass is 32.2. The van der Waals surface area contributed by atoms with Crippen LogP contribution in [0.1, 0.15) is 16.1 Å². The minimum atomic E-state index is -0.128. The maximum Gasteiger partial charge on any atom is 0.294 e. The van der Waals surface area contributed by atoms with Crippen molar-refractivity contribution in [2.24, 2.45) is 0 Å². The molecule has 1 aromatic carbocycles. The Balaban J connectivity index is 1.78. The molecule has 1 aliphatic rings. The van der Waals surface area contributed by atoms with Gasteiger partial charge in [0.1, 0.15) is 16.4 Å². The molecule has 0 unspecified atom stereocenters. The van der Waals surface area contributed by atoms with Gasteiger partial charge in [-0.25, -0.2) is 4.98 Å². The molecule has 0 fully saturated rings. The molecule has 0 bridgehead atoms. The summed E-state index contributed by atoms with van der Waals surface area (Å²) in [5.41, 5.74) is 2.36. The Kier molecular flexibility index (Phi) is 3.69. The molecule has 4 rings (SSSR count). The Morgan fingerprint density at radius 2 is 2.25 bits per heavy atom. The summed E-state index contributed by atoms with van der Waals surface area (Å²) in [6, 6.07) is 9.33. The van der Waals surface area contributed by atoms with Gasteiger partial charge in [-0.05, 0) is 37.3 Å². The molecule has 1 aliphatic heterocycles. The maximum absolute atomic E-state index is 13.1. The van der Waals surface area contributed by atoms with Gasteiger partial charge in [-0.2, -0.15) is 0 Å². The van der Waals surface area contributed by atoms with E-state index in [9.17, 15) is 4.79 Å². The third kappa shape index (κ3) is 2.34. The lowest BCUT2D eigenvalue weighted by Crippen LogP contribution is -2.35. The Labute approximate surface area is 143 Å². The molecule has 1 amide bonds. The van der Waals surface area contributed by atoms with E-state index in [0.29, 0.717) is 17.9 Å². The fraction of sp³-hybridized carbons (Fsp3) is 0.222. The first kappa shape index (κ1) is 15.1. The Hall–Kier alpha value is -2.47. The molecule has 0 saturated heterocycles. The lowest BCUT2D eigenvalue weighted by molar-refractivity contribution is 0.0962. The molecule has 122 valence electrons. The number of thioether (sulfide) groups is 1. The highest BCUT2D eigenvalue weighted by Crippen LogP contribution is 2.35. The lowest BCUT2D eigenvalue weighted by atomic mass is 10.1. The fourth-order valence-corrected chi connectivity index (χ4v) is 3.85. The summed E-state index contributed by atoms with van der Waals surface area (Å²) in [5, 5.41) is 1.78. The van der Waals surface area contributed by atoms with Crippen molar-refractivity contribution in [3.8, 4) is 5.75 Å².